The van der Waals surface area contributed by atoms with Crippen molar-refractivity contribution in [1.29, 1.82) is 5.26 Å². The molecule has 6 nitrogen and oxygen atoms in total. The molecule has 3 rings (SSSR count). The number of nitriles is 1. The molecule has 0 aliphatic heterocycles. The maximum absolute atomic E-state index is 12.2. The Labute approximate surface area is 157 Å². The fourth-order valence-corrected chi connectivity index (χ4v) is 3.63. The summed E-state index contributed by atoms with van der Waals surface area (Å²) in [5.41, 5.74) is 1.19. The first-order chi connectivity index (χ1) is 12.6. The molecule has 0 saturated carbocycles. The first kappa shape index (κ1) is 17.8. The third-order valence-corrected chi connectivity index (χ3v) is 5.26. The Kier molecular flexibility index (Phi) is 5.41. The van der Waals surface area contributed by atoms with E-state index in [2.05, 4.69) is 10.3 Å². The topological polar surface area (TPSA) is 92.1 Å². The van der Waals surface area contributed by atoms with E-state index in [9.17, 15) is 9.59 Å². The van der Waals surface area contributed by atoms with Crippen molar-refractivity contribution in [2.75, 3.05) is 5.32 Å². The number of ether oxygens (including phenoxy) is 1. The maximum Gasteiger partial charge on any atom is 0.358 e. The predicted octanol–water partition coefficient (Wildman–Crippen LogP) is 3.93. The quantitative estimate of drug-likeness (QED) is 0.674. The standard InChI is InChI=1S/C18H13N3O3S2/c1-11(16(22)20-13-6-4-12(9-19)5-7-13)24-18(23)14-10-26-17(21-14)15-3-2-8-25-15/h2-8,10-11H,1H3,(H,20,22)/t11-/m0/s1. The highest BCUT2D eigenvalue weighted by Crippen LogP contribution is 2.28. The molecule has 8 heteroatoms. The van der Waals surface area contributed by atoms with Gasteiger partial charge in [-0.05, 0) is 42.6 Å². The summed E-state index contributed by atoms with van der Waals surface area (Å²) in [5, 5.41) is 15.7. The Morgan fingerprint density at radius 2 is 2.00 bits per heavy atom. The van der Waals surface area contributed by atoms with E-state index in [0.29, 0.717) is 11.3 Å². The van der Waals surface area contributed by atoms with Crippen LogP contribution in [0.25, 0.3) is 9.88 Å². The van der Waals surface area contributed by atoms with Crippen molar-refractivity contribution in [2.45, 2.75) is 13.0 Å². The first-order valence-corrected chi connectivity index (χ1v) is 9.34. The van der Waals surface area contributed by atoms with Crippen LogP contribution in [0, 0.1) is 11.3 Å². The summed E-state index contributed by atoms with van der Waals surface area (Å²) in [6, 6.07) is 12.2. The van der Waals surface area contributed by atoms with Crippen LogP contribution < -0.4 is 5.32 Å². The van der Waals surface area contributed by atoms with E-state index in [0.717, 1.165) is 9.88 Å². The average Bonchev–Trinajstić information content (AvgIpc) is 3.33. The molecule has 1 aromatic carbocycles. The van der Waals surface area contributed by atoms with Crippen LogP contribution in [0.5, 0.6) is 0 Å². The number of hydrogen-bond donors (Lipinski definition) is 1. The second kappa shape index (κ2) is 7.91. The minimum atomic E-state index is -0.981. The molecule has 0 aliphatic carbocycles. The molecular formula is C18H13N3O3S2. The molecule has 2 aromatic heterocycles. The van der Waals surface area contributed by atoms with Crippen LogP contribution in [-0.4, -0.2) is 23.0 Å². The lowest BCUT2D eigenvalue weighted by atomic mass is 10.2. The van der Waals surface area contributed by atoms with Crippen molar-refractivity contribution in [3.05, 3.63) is 58.4 Å². The van der Waals surface area contributed by atoms with Gasteiger partial charge in [0.1, 0.15) is 5.01 Å². The van der Waals surface area contributed by atoms with Crippen molar-refractivity contribution in [2.24, 2.45) is 0 Å². The number of benzene rings is 1. The summed E-state index contributed by atoms with van der Waals surface area (Å²) in [6.45, 7) is 1.49. The molecule has 0 saturated heterocycles. The molecule has 1 N–H and O–H groups in total. The molecule has 0 aliphatic rings. The Bertz CT molecular complexity index is 956. The number of thiophene rings is 1. The van der Waals surface area contributed by atoms with Gasteiger partial charge in [-0.1, -0.05) is 6.07 Å². The highest BCUT2D eigenvalue weighted by molar-refractivity contribution is 7.20. The van der Waals surface area contributed by atoms with Crippen molar-refractivity contribution < 1.29 is 14.3 Å². The second-order valence-corrected chi connectivity index (χ2v) is 7.05. The van der Waals surface area contributed by atoms with Gasteiger partial charge < -0.3 is 10.1 Å². The lowest BCUT2D eigenvalue weighted by Gasteiger charge is -2.12. The minimum absolute atomic E-state index is 0.177. The fraction of sp³-hybridized carbons (Fsp3) is 0.111. The Morgan fingerprint density at radius 3 is 2.65 bits per heavy atom. The van der Waals surface area contributed by atoms with E-state index in [1.165, 1.54) is 29.6 Å². The van der Waals surface area contributed by atoms with Crippen LogP contribution in [-0.2, 0) is 9.53 Å². The molecule has 26 heavy (non-hydrogen) atoms. The van der Waals surface area contributed by atoms with Crippen molar-refractivity contribution in [3.8, 4) is 16.0 Å². The number of aromatic nitrogens is 1. The van der Waals surface area contributed by atoms with Crippen LogP contribution >= 0.6 is 22.7 Å². The summed E-state index contributed by atoms with van der Waals surface area (Å²) >= 11 is 2.88. The van der Waals surface area contributed by atoms with E-state index in [-0.39, 0.29) is 5.69 Å². The number of hydrogen-bond acceptors (Lipinski definition) is 7. The van der Waals surface area contributed by atoms with Crippen LogP contribution in [0.15, 0.2) is 47.2 Å². The van der Waals surface area contributed by atoms with E-state index in [4.69, 9.17) is 10.00 Å². The van der Waals surface area contributed by atoms with Gasteiger partial charge in [0.15, 0.2) is 11.8 Å². The Hall–Kier alpha value is -3.02. The lowest BCUT2D eigenvalue weighted by Crippen LogP contribution is -2.30. The van der Waals surface area contributed by atoms with Crippen LogP contribution in [0.1, 0.15) is 23.0 Å². The van der Waals surface area contributed by atoms with Crippen molar-refractivity contribution in [3.63, 3.8) is 0 Å². The van der Waals surface area contributed by atoms with E-state index >= 15 is 0 Å². The molecule has 0 unspecified atom stereocenters. The van der Waals surface area contributed by atoms with E-state index in [1.54, 1.807) is 29.6 Å². The second-order valence-electron chi connectivity index (χ2n) is 5.24. The molecule has 0 radical (unpaired) electrons. The van der Waals surface area contributed by atoms with Gasteiger partial charge in [0.05, 0.1) is 16.5 Å². The molecule has 0 fully saturated rings. The van der Waals surface area contributed by atoms with Crippen LogP contribution in [0.2, 0.25) is 0 Å². The monoisotopic (exact) mass is 383 g/mol. The molecule has 130 valence electrons. The number of esters is 1. The normalized spacial score (nSPS) is 11.4. The summed E-state index contributed by atoms with van der Waals surface area (Å²) in [4.78, 5) is 29.6. The summed E-state index contributed by atoms with van der Waals surface area (Å²) in [5.74, 6) is -1.11. The molecule has 1 amide bonds. The largest absolute Gasteiger partial charge is 0.448 e. The predicted molar refractivity (Wildman–Crippen MR) is 100 cm³/mol. The number of rotatable bonds is 5. The molecule has 2 heterocycles. The number of anilines is 1. The van der Waals surface area contributed by atoms with Crippen molar-refractivity contribution >= 4 is 40.2 Å². The Morgan fingerprint density at radius 1 is 1.23 bits per heavy atom. The van der Waals surface area contributed by atoms with Gasteiger partial charge in [-0.3, -0.25) is 4.79 Å². The first-order valence-electron chi connectivity index (χ1n) is 7.58. The van der Waals surface area contributed by atoms with Crippen LogP contribution in [0.4, 0.5) is 5.69 Å². The zero-order chi connectivity index (χ0) is 18.5. The van der Waals surface area contributed by atoms with Gasteiger partial charge in [-0.15, -0.1) is 22.7 Å². The third kappa shape index (κ3) is 4.14. The molecule has 0 spiro atoms. The molecule has 3 aromatic rings. The molecule has 0 bridgehead atoms. The highest BCUT2D eigenvalue weighted by atomic mass is 32.1. The van der Waals surface area contributed by atoms with Gasteiger partial charge in [-0.2, -0.15) is 5.26 Å². The Balaban J connectivity index is 1.59. The number of thiazole rings is 1. The van der Waals surface area contributed by atoms with Gasteiger partial charge >= 0.3 is 5.97 Å². The SMILES string of the molecule is C[C@H](OC(=O)c1csc(-c2cccs2)n1)C(=O)Nc1ccc(C#N)cc1. The van der Waals surface area contributed by atoms with Gasteiger partial charge in [0, 0.05) is 11.1 Å². The van der Waals surface area contributed by atoms with Gasteiger partial charge in [0.25, 0.3) is 5.91 Å². The summed E-state index contributed by atoms with van der Waals surface area (Å²) < 4.78 is 5.19. The van der Waals surface area contributed by atoms with Gasteiger partial charge in [0.2, 0.25) is 0 Å². The number of carbonyl (C=O) groups excluding carboxylic acids is 2. The fourth-order valence-electron chi connectivity index (χ4n) is 2.03. The molecule has 1 atom stereocenters. The lowest BCUT2D eigenvalue weighted by molar-refractivity contribution is -0.123. The number of nitrogens with one attached hydrogen (secondary N) is 1. The minimum Gasteiger partial charge on any atom is -0.448 e. The highest BCUT2D eigenvalue weighted by Gasteiger charge is 2.21. The number of nitrogens with zero attached hydrogens (tertiary/aromatic N) is 2. The van der Waals surface area contributed by atoms with Crippen molar-refractivity contribution in [1.82, 2.24) is 4.98 Å². The molecular weight excluding hydrogens is 370 g/mol. The number of carbonyl (C=O) groups is 2. The summed E-state index contributed by atoms with van der Waals surface area (Å²) in [7, 11) is 0. The average molecular weight is 383 g/mol. The van der Waals surface area contributed by atoms with E-state index in [1.807, 2.05) is 23.6 Å². The van der Waals surface area contributed by atoms with E-state index < -0.39 is 18.0 Å². The zero-order valence-electron chi connectivity index (χ0n) is 13.6. The zero-order valence-corrected chi connectivity index (χ0v) is 15.3. The number of amides is 1. The van der Waals surface area contributed by atoms with Crippen LogP contribution in [0.3, 0.4) is 0 Å². The summed E-state index contributed by atoms with van der Waals surface area (Å²) in [6.07, 6.45) is -0.981. The maximum atomic E-state index is 12.2. The van der Waals surface area contributed by atoms with Gasteiger partial charge in [-0.25, -0.2) is 9.78 Å². The third-order valence-electron chi connectivity index (χ3n) is 3.38. The smallest absolute Gasteiger partial charge is 0.358 e.